The number of hydrogen-bond donors (Lipinski definition) is 0. The average Bonchev–Trinajstić information content (AvgIpc) is 2.19. The standard InChI is InChI=1S/C12H26N2/c1-4-13(5-2)9-10-14-8-6-7-12(3)11-14/h12H,4-11H2,1-3H3. The van der Waals surface area contributed by atoms with Crippen molar-refractivity contribution in [2.75, 3.05) is 39.3 Å². The maximum Gasteiger partial charge on any atom is 0.0109 e. The SMILES string of the molecule is CCN(CC)CCN1CCCC(C)C1. The molecule has 0 saturated carbocycles. The number of nitrogens with zero attached hydrogens (tertiary/aromatic N) is 2. The summed E-state index contributed by atoms with van der Waals surface area (Å²) in [5.74, 6) is 0.917. The van der Waals surface area contributed by atoms with E-state index >= 15 is 0 Å². The van der Waals surface area contributed by atoms with Crippen molar-refractivity contribution in [3.8, 4) is 0 Å². The first-order valence-electron chi connectivity index (χ1n) is 6.21. The van der Waals surface area contributed by atoms with Crippen molar-refractivity contribution in [3.05, 3.63) is 0 Å². The van der Waals surface area contributed by atoms with Gasteiger partial charge in [-0.25, -0.2) is 0 Å². The van der Waals surface area contributed by atoms with E-state index in [0.29, 0.717) is 0 Å². The number of piperidine rings is 1. The van der Waals surface area contributed by atoms with Gasteiger partial charge in [0.25, 0.3) is 0 Å². The molecule has 1 unspecified atom stereocenters. The average molecular weight is 198 g/mol. The van der Waals surface area contributed by atoms with Gasteiger partial charge in [-0.05, 0) is 38.4 Å². The first-order valence-corrected chi connectivity index (χ1v) is 6.21. The molecule has 1 rings (SSSR count). The lowest BCUT2D eigenvalue weighted by Crippen LogP contribution is -2.40. The van der Waals surface area contributed by atoms with Crippen molar-refractivity contribution in [2.45, 2.75) is 33.6 Å². The van der Waals surface area contributed by atoms with Gasteiger partial charge in [0.15, 0.2) is 0 Å². The molecular weight excluding hydrogens is 172 g/mol. The van der Waals surface area contributed by atoms with E-state index in [1.165, 1.54) is 52.1 Å². The normalized spacial score (nSPS) is 24.4. The fraction of sp³-hybridized carbons (Fsp3) is 1.00. The van der Waals surface area contributed by atoms with Crippen LogP contribution >= 0.6 is 0 Å². The quantitative estimate of drug-likeness (QED) is 0.667. The highest BCUT2D eigenvalue weighted by Crippen LogP contribution is 2.14. The molecule has 1 heterocycles. The van der Waals surface area contributed by atoms with E-state index in [1.807, 2.05) is 0 Å². The Bertz CT molecular complexity index is 143. The molecule has 1 aliphatic rings. The smallest absolute Gasteiger partial charge is 0.0109 e. The predicted molar refractivity (Wildman–Crippen MR) is 62.6 cm³/mol. The Balaban J connectivity index is 2.16. The first-order chi connectivity index (χ1) is 6.76. The highest BCUT2D eigenvalue weighted by molar-refractivity contribution is 4.70. The van der Waals surface area contributed by atoms with E-state index in [9.17, 15) is 0 Å². The molecule has 1 atom stereocenters. The minimum atomic E-state index is 0.917. The van der Waals surface area contributed by atoms with Crippen LogP contribution in [0.1, 0.15) is 33.6 Å². The van der Waals surface area contributed by atoms with Gasteiger partial charge < -0.3 is 9.80 Å². The third kappa shape index (κ3) is 3.97. The van der Waals surface area contributed by atoms with Crippen molar-refractivity contribution >= 4 is 0 Å². The first kappa shape index (κ1) is 12.0. The molecule has 2 nitrogen and oxygen atoms in total. The number of likely N-dealkylation sites (tertiary alicyclic amines) is 1. The largest absolute Gasteiger partial charge is 0.303 e. The third-order valence-corrected chi connectivity index (χ3v) is 3.37. The molecule has 0 radical (unpaired) electrons. The van der Waals surface area contributed by atoms with Crippen LogP contribution in [0.4, 0.5) is 0 Å². The summed E-state index contributed by atoms with van der Waals surface area (Å²) in [7, 11) is 0. The Morgan fingerprint density at radius 2 is 2.00 bits per heavy atom. The molecule has 1 saturated heterocycles. The van der Waals surface area contributed by atoms with E-state index in [1.54, 1.807) is 0 Å². The van der Waals surface area contributed by atoms with Gasteiger partial charge in [0.1, 0.15) is 0 Å². The van der Waals surface area contributed by atoms with Gasteiger partial charge in [-0.3, -0.25) is 0 Å². The minimum Gasteiger partial charge on any atom is -0.303 e. The molecule has 0 amide bonds. The highest BCUT2D eigenvalue weighted by Gasteiger charge is 2.15. The summed E-state index contributed by atoms with van der Waals surface area (Å²) in [5.41, 5.74) is 0. The molecule has 0 aromatic carbocycles. The van der Waals surface area contributed by atoms with Crippen molar-refractivity contribution in [2.24, 2.45) is 5.92 Å². The molecule has 0 aromatic heterocycles. The Kier molecular flexibility index (Phi) is 5.49. The van der Waals surface area contributed by atoms with E-state index in [0.717, 1.165) is 5.92 Å². The minimum absolute atomic E-state index is 0.917. The molecule has 0 aromatic rings. The van der Waals surface area contributed by atoms with Crippen LogP contribution < -0.4 is 0 Å². The summed E-state index contributed by atoms with van der Waals surface area (Å²) in [6.07, 6.45) is 2.83. The topological polar surface area (TPSA) is 6.48 Å². The van der Waals surface area contributed by atoms with Crippen LogP contribution in [0.15, 0.2) is 0 Å². The molecule has 2 heteroatoms. The molecule has 14 heavy (non-hydrogen) atoms. The van der Waals surface area contributed by atoms with Crippen LogP contribution in [0, 0.1) is 5.92 Å². The fourth-order valence-corrected chi connectivity index (χ4v) is 2.31. The molecule has 1 aliphatic heterocycles. The summed E-state index contributed by atoms with van der Waals surface area (Å²) >= 11 is 0. The van der Waals surface area contributed by atoms with Crippen molar-refractivity contribution in [1.29, 1.82) is 0 Å². The van der Waals surface area contributed by atoms with Crippen molar-refractivity contribution < 1.29 is 0 Å². The summed E-state index contributed by atoms with van der Waals surface area (Å²) in [5, 5.41) is 0. The summed E-state index contributed by atoms with van der Waals surface area (Å²) in [6, 6.07) is 0. The zero-order chi connectivity index (χ0) is 10.4. The van der Waals surface area contributed by atoms with Crippen LogP contribution in [0.2, 0.25) is 0 Å². The maximum atomic E-state index is 2.63. The molecule has 0 N–H and O–H groups in total. The van der Waals surface area contributed by atoms with Gasteiger partial charge in [0.05, 0.1) is 0 Å². The summed E-state index contributed by atoms with van der Waals surface area (Å²) in [4.78, 5) is 5.14. The van der Waals surface area contributed by atoms with E-state index in [2.05, 4.69) is 30.6 Å². The van der Waals surface area contributed by atoms with Gasteiger partial charge in [-0.15, -0.1) is 0 Å². The van der Waals surface area contributed by atoms with Crippen LogP contribution in [0.25, 0.3) is 0 Å². The molecule has 0 aliphatic carbocycles. The van der Waals surface area contributed by atoms with Crippen LogP contribution in [0.3, 0.4) is 0 Å². The van der Waals surface area contributed by atoms with Gasteiger partial charge in [-0.2, -0.15) is 0 Å². The second-order valence-corrected chi connectivity index (χ2v) is 4.57. The monoisotopic (exact) mass is 198 g/mol. The second-order valence-electron chi connectivity index (χ2n) is 4.57. The number of hydrogen-bond acceptors (Lipinski definition) is 2. The van der Waals surface area contributed by atoms with Crippen LogP contribution in [0.5, 0.6) is 0 Å². The Labute approximate surface area is 89.3 Å². The lowest BCUT2D eigenvalue weighted by atomic mass is 10.0. The zero-order valence-electron chi connectivity index (χ0n) is 10.1. The third-order valence-electron chi connectivity index (χ3n) is 3.37. The Morgan fingerprint density at radius 1 is 1.29 bits per heavy atom. The Hall–Kier alpha value is -0.0800. The van der Waals surface area contributed by atoms with Gasteiger partial charge in [0, 0.05) is 19.6 Å². The van der Waals surface area contributed by atoms with E-state index in [4.69, 9.17) is 0 Å². The zero-order valence-corrected chi connectivity index (χ0v) is 10.1. The molecule has 84 valence electrons. The summed E-state index contributed by atoms with van der Waals surface area (Å²) in [6.45, 7) is 14.4. The van der Waals surface area contributed by atoms with Crippen molar-refractivity contribution in [3.63, 3.8) is 0 Å². The molecule has 0 bridgehead atoms. The van der Waals surface area contributed by atoms with Gasteiger partial charge in [0.2, 0.25) is 0 Å². The molecular formula is C12H26N2. The molecule has 0 spiro atoms. The predicted octanol–water partition coefficient (Wildman–Crippen LogP) is 2.06. The lowest BCUT2D eigenvalue weighted by Gasteiger charge is -2.32. The van der Waals surface area contributed by atoms with Crippen LogP contribution in [-0.4, -0.2) is 49.1 Å². The highest BCUT2D eigenvalue weighted by atomic mass is 15.2. The lowest BCUT2D eigenvalue weighted by molar-refractivity contribution is 0.158. The van der Waals surface area contributed by atoms with E-state index in [-0.39, 0.29) is 0 Å². The van der Waals surface area contributed by atoms with Crippen molar-refractivity contribution in [1.82, 2.24) is 9.80 Å². The maximum absolute atomic E-state index is 2.63. The number of rotatable bonds is 5. The fourth-order valence-electron chi connectivity index (χ4n) is 2.31. The summed E-state index contributed by atoms with van der Waals surface area (Å²) < 4.78 is 0. The second kappa shape index (κ2) is 6.41. The molecule has 1 fully saturated rings. The van der Waals surface area contributed by atoms with Crippen LogP contribution in [-0.2, 0) is 0 Å². The van der Waals surface area contributed by atoms with E-state index < -0.39 is 0 Å². The Morgan fingerprint density at radius 3 is 2.57 bits per heavy atom. The number of likely N-dealkylation sites (N-methyl/N-ethyl adjacent to an activating group) is 1. The van der Waals surface area contributed by atoms with Gasteiger partial charge in [-0.1, -0.05) is 20.8 Å². The van der Waals surface area contributed by atoms with Gasteiger partial charge >= 0.3 is 0 Å².